The Morgan fingerprint density at radius 3 is 1.28 bits per heavy atom. The zero-order valence-electron chi connectivity index (χ0n) is 58.9. The lowest BCUT2D eigenvalue weighted by atomic mass is 9.99. The molecule has 0 heterocycles. The highest BCUT2D eigenvalue weighted by molar-refractivity contribution is 7.98. The van der Waals surface area contributed by atoms with Crippen molar-refractivity contribution in [3.05, 3.63) is 65.7 Å². The molecule has 0 saturated heterocycles. The largest absolute Gasteiger partial charge is 0.508 e. The van der Waals surface area contributed by atoms with Gasteiger partial charge in [-0.1, -0.05) is 70.2 Å². The number of hydrogen-bond donors (Lipinski definition) is 20. The highest BCUT2D eigenvalue weighted by Gasteiger charge is 2.37. The summed E-state index contributed by atoms with van der Waals surface area (Å²) in [5, 5.41) is 79.0. The van der Waals surface area contributed by atoms with Gasteiger partial charge >= 0.3 is 11.9 Å². The average Bonchev–Trinajstić information content (AvgIpc) is 0.864. The number of carboxylic acids is 2. The van der Waals surface area contributed by atoms with Crippen LogP contribution in [0.5, 0.6) is 5.75 Å². The second-order valence-electron chi connectivity index (χ2n) is 25.2. The van der Waals surface area contributed by atoms with E-state index in [1.165, 1.54) is 54.7 Å². The molecule has 574 valence electrons. The van der Waals surface area contributed by atoms with E-state index in [0.29, 0.717) is 36.3 Å². The van der Waals surface area contributed by atoms with Crippen LogP contribution in [0, 0.1) is 11.8 Å². The topological polar surface area (TPSA) is 580 Å². The monoisotopic (exact) mass is 1490 g/mol. The van der Waals surface area contributed by atoms with Gasteiger partial charge in [0.15, 0.2) is 0 Å². The fraction of sp³-hybridized carbons (Fsp3) is 0.591. The standard InChI is InChI=1S/C66H103N15O20S2/c1-35(2)27-46(78-64(98)50(33-82)80-55(89)37(5)71-56(90)41(68)31-54(87)88)60(94)77-47(28-36(3)4)61(95)81-51(34-83)65(99)79-49(29-38-13-9-8-10-14-38)63(97)75-43(22-25-102-6)58(92)73-42(20-21-52(69)85)57(91)70-32-53(86)72-48(30-39-16-18-40(84)19-17-39)62(96)74-44(23-26-103-7)59(93)76-45(66(100)101)15-11-12-24-67/h8-10,13-14,16-19,35-37,41-51,82-84H,11-12,15,20-34,67-68H2,1-7H3,(H2,69,85)(H,70,91)(H,71,90)(H,72,86)(H,73,92)(H,74,96)(H,75,97)(H,76,93)(H,77,94)(H,78,98)(H,79,99)(H,80,89)(H,81,95)(H,87,88)(H,100,101)/t37-,41-,42-,43-,44-,45-,46-,47-,48-,49-,50-,51-/m0/s1. The summed E-state index contributed by atoms with van der Waals surface area (Å²) >= 11 is 2.62. The van der Waals surface area contributed by atoms with Crippen LogP contribution < -0.4 is 81.0 Å². The molecule has 103 heavy (non-hydrogen) atoms. The number of aliphatic hydroxyl groups excluding tert-OH is 2. The van der Waals surface area contributed by atoms with Crippen LogP contribution in [-0.2, 0) is 84.8 Å². The Kier molecular flexibility index (Phi) is 41.8. The number of aliphatic carboxylic acids is 2. The van der Waals surface area contributed by atoms with Crippen molar-refractivity contribution in [2.45, 2.75) is 184 Å². The first-order valence-electron chi connectivity index (χ1n) is 33.5. The molecule has 35 nitrogen and oxygen atoms in total. The molecule has 0 saturated carbocycles. The Morgan fingerprint density at radius 2 is 0.845 bits per heavy atom. The molecule has 23 N–H and O–H groups in total. The quantitative estimate of drug-likeness (QED) is 0.0278. The summed E-state index contributed by atoms with van der Waals surface area (Å²) in [5.41, 5.74) is 17.5. The van der Waals surface area contributed by atoms with Gasteiger partial charge in [-0.3, -0.25) is 67.1 Å². The van der Waals surface area contributed by atoms with Gasteiger partial charge in [0.1, 0.15) is 72.2 Å². The summed E-state index contributed by atoms with van der Waals surface area (Å²) in [4.78, 5) is 201. The Labute approximate surface area is 605 Å². The number of carbonyl (C=O) groups is 15. The third kappa shape index (κ3) is 35.0. The van der Waals surface area contributed by atoms with Gasteiger partial charge in [0.25, 0.3) is 0 Å². The molecule has 2 aromatic rings. The predicted octanol–water partition coefficient (Wildman–Crippen LogP) is -4.49. The minimum Gasteiger partial charge on any atom is -0.508 e. The fourth-order valence-electron chi connectivity index (χ4n) is 9.92. The molecule has 13 amide bonds. The SMILES string of the molecule is CSCC[C@H](NC(=O)[C@H](Cc1ccc(O)cc1)NC(=O)CNC(=O)[C@H](CCC(N)=O)NC(=O)[C@H](CCSC)NC(=O)[C@H](Cc1ccccc1)NC(=O)[C@H](CO)NC(=O)[C@H](CC(C)C)NC(=O)[C@H](CC(C)C)NC(=O)[C@H](CO)NC(=O)[C@H](C)NC(=O)[C@@H](N)CC(=O)O)C(=O)N[C@@H](CCCCN)C(=O)O. The van der Waals surface area contributed by atoms with Gasteiger partial charge in [-0.05, 0) is 124 Å². The minimum atomic E-state index is -1.80. The van der Waals surface area contributed by atoms with Gasteiger partial charge in [-0.2, -0.15) is 23.5 Å². The van der Waals surface area contributed by atoms with Crippen molar-refractivity contribution in [1.29, 1.82) is 0 Å². The minimum absolute atomic E-state index is 0.0495. The molecule has 0 unspecified atom stereocenters. The molecule has 0 fully saturated rings. The van der Waals surface area contributed by atoms with Crippen molar-refractivity contribution in [2.75, 3.05) is 50.3 Å². The van der Waals surface area contributed by atoms with Crippen LogP contribution >= 0.6 is 23.5 Å². The third-order valence-corrected chi connectivity index (χ3v) is 16.8. The Balaban J connectivity index is 2.41. The van der Waals surface area contributed by atoms with Crippen molar-refractivity contribution in [2.24, 2.45) is 29.0 Å². The molecule has 2 rings (SSSR count). The van der Waals surface area contributed by atoms with E-state index < -0.39 is 200 Å². The summed E-state index contributed by atoms with van der Waals surface area (Å²) in [6, 6.07) is -4.03. The molecule has 12 atom stereocenters. The molecule has 0 aliphatic heterocycles. The van der Waals surface area contributed by atoms with Crippen LogP contribution in [-0.4, -0.2) is 237 Å². The molecular formula is C66H103N15O20S2. The summed E-state index contributed by atoms with van der Waals surface area (Å²) in [5.74, 6) is -15.3. The zero-order chi connectivity index (χ0) is 77.5. The maximum Gasteiger partial charge on any atom is 0.326 e. The number of phenolic OH excluding ortho intramolecular Hbond substituents is 1. The number of carbonyl (C=O) groups excluding carboxylic acids is 13. The molecule has 2 aromatic carbocycles. The van der Waals surface area contributed by atoms with Crippen LogP contribution in [0.3, 0.4) is 0 Å². The van der Waals surface area contributed by atoms with Gasteiger partial charge in [-0.25, -0.2) is 4.79 Å². The first-order valence-corrected chi connectivity index (χ1v) is 36.3. The number of nitrogens with one attached hydrogen (secondary N) is 12. The predicted molar refractivity (Wildman–Crippen MR) is 380 cm³/mol. The summed E-state index contributed by atoms with van der Waals surface area (Å²) in [6.07, 6.45) is 2.15. The van der Waals surface area contributed by atoms with E-state index in [2.05, 4.69) is 63.8 Å². The lowest BCUT2D eigenvalue weighted by molar-refractivity contribution is -0.142. The van der Waals surface area contributed by atoms with Gasteiger partial charge in [0.05, 0.1) is 32.2 Å². The highest BCUT2D eigenvalue weighted by atomic mass is 32.2. The number of phenols is 1. The average molecular weight is 1490 g/mol. The number of hydrogen-bond acceptors (Lipinski definition) is 22. The summed E-state index contributed by atoms with van der Waals surface area (Å²) < 4.78 is 0. The van der Waals surface area contributed by atoms with Crippen LogP contribution in [0.25, 0.3) is 0 Å². The van der Waals surface area contributed by atoms with E-state index in [-0.39, 0.29) is 68.3 Å². The molecule has 0 aliphatic rings. The van der Waals surface area contributed by atoms with Crippen LogP contribution in [0.15, 0.2) is 54.6 Å². The number of unbranched alkanes of at least 4 members (excludes halogenated alkanes) is 1. The van der Waals surface area contributed by atoms with Gasteiger partial charge < -0.3 is 107 Å². The first kappa shape index (κ1) is 89.9. The number of aromatic hydroxyl groups is 1. The van der Waals surface area contributed by atoms with E-state index in [1.54, 1.807) is 70.5 Å². The van der Waals surface area contributed by atoms with Crippen LogP contribution in [0.1, 0.15) is 110 Å². The van der Waals surface area contributed by atoms with Crippen molar-refractivity contribution in [3.8, 4) is 5.75 Å². The fourth-order valence-corrected chi connectivity index (χ4v) is 10.9. The lowest BCUT2D eigenvalue weighted by Crippen LogP contribution is -2.61. The van der Waals surface area contributed by atoms with E-state index in [4.69, 9.17) is 22.3 Å². The van der Waals surface area contributed by atoms with Crippen molar-refractivity contribution < 1.29 is 97.5 Å². The zero-order valence-corrected chi connectivity index (χ0v) is 60.5. The normalized spacial score (nSPS) is 14.6. The summed E-state index contributed by atoms with van der Waals surface area (Å²) in [6.45, 7) is 5.46. The van der Waals surface area contributed by atoms with E-state index in [9.17, 15) is 92.3 Å². The molecule has 0 bridgehead atoms. The van der Waals surface area contributed by atoms with E-state index in [1.807, 2.05) is 0 Å². The molecule has 0 aliphatic carbocycles. The first-order chi connectivity index (χ1) is 48.7. The van der Waals surface area contributed by atoms with E-state index in [0.717, 1.165) is 0 Å². The molecular weight excluding hydrogens is 1390 g/mol. The molecule has 0 spiro atoms. The number of nitrogens with two attached hydrogens (primary N) is 3. The number of aliphatic hydroxyl groups is 2. The smallest absolute Gasteiger partial charge is 0.326 e. The molecule has 0 aromatic heterocycles. The van der Waals surface area contributed by atoms with Gasteiger partial charge in [-0.15, -0.1) is 0 Å². The molecule has 37 heteroatoms. The van der Waals surface area contributed by atoms with Crippen molar-refractivity contribution in [1.82, 2.24) is 63.8 Å². The number of thioether (sulfide) groups is 2. The number of benzene rings is 2. The van der Waals surface area contributed by atoms with Crippen LogP contribution in [0.2, 0.25) is 0 Å². The second-order valence-corrected chi connectivity index (χ2v) is 27.2. The highest BCUT2D eigenvalue weighted by Crippen LogP contribution is 2.15. The number of amides is 13. The third-order valence-electron chi connectivity index (χ3n) is 15.5. The Bertz CT molecular complexity index is 3160. The number of rotatable bonds is 50. The maximum atomic E-state index is 14.5. The number of primary amides is 1. The van der Waals surface area contributed by atoms with Crippen molar-refractivity contribution >= 4 is 112 Å². The maximum absolute atomic E-state index is 14.5. The van der Waals surface area contributed by atoms with Gasteiger partial charge in [0, 0.05) is 19.3 Å². The van der Waals surface area contributed by atoms with Crippen LogP contribution in [0.4, 0.5) is 0 Å². The Morgan fingerprint density at radius 1 is 0.447 bits per heavy atom. The number of carboxylic acid groups (broad SMARTS) is 2. The van der Waals surface area contributed by atoms with Gasteiger partial charge in [0.2, 0.25) is 76.8 Å². The Hall–Kier alpha value is -9.17. The van der Waals surface area contributed by atoms with Crippen molar-refractivity contribution in [3.63, 3.8) is 0 Å². The van der Waals surface area contributed by atoms with E-state index >= 15 is 0 Å². The second kappa shape index (κ2) is 47.9. The molecule has 0 radical (unpaired) electrons. The lowest BCUT2D eigenvalue weighted by Gasteiger charge is -2.28. The summed E-state index contributed by atoms with van der Waals surface area (Å²) in [7, 11) is 0.